The van der Waals surface area contributed by atoms with E-state index in [2.05, 4.69) is 0 Å². The second-order valence-electron chi connectivity index (χ2n) is 8.17. The molecule has 2 aliphatic heterocycles. The van der Waals surface area contributed by atoms with Gasteiger partial charge in [-0.05, 0) is 26.3 Å². The van der Waals surface area contributed by atoms with Crippen molar-refractivity contribution in [2.75, 3.05) is 14.2 Å². The number of aliphatic hydroxyl groups is 1. The number of methoxy groups -OCH3 is 2. The van der Waals surface area contributed by atoms with Crippen LogP contribution in [0.4, 0.5) is 0 Å². The van der Waals surface area contributed by atoms with Crippen LogP contribution in [0.1, 0.15) is 39.2 Å². The quantitative estimate of drug-likeness (QED) is 0.741. The highest BCUT2D eigenvalue weighted by Crippen LogP contribution is 2.35. The van der Waals surface area contributed by atoms with Gasteiger partial charge >= 0.3 is 0 Å². The van der Waals surface area contributed by atoms with Crippen LogP contribution in [-0.4, -0.2) is 68.0 Å². The van der Waals surface area contributed by atoms with Crippen LogP contribution in [0, 0.1) is 0 Å². The molecule has 0 aliphatic carbocycles. The third-order valence-electron chi connectivity index (χ3n) is 5.76. The van der Waals surface area contributed by atoms with E-state index in [1.165, 1.54) is 0 Å². The third-order valence-corrected chi connectivity index (χ3v) is 5.76. The Hall–Kier alpha value is -1.06. The normalized spacial score (nSPS) is 40.7. The molecule has 29 heavy (non-hydrogen) atoms. The molecule has 0 radical (unpaired) electrons. The Morgan fingerprint density at radius 3 is 2.34 bits per heavy atom. The van der Waals surface area contributed by atoms with Crippen LogP contribution in [-0.2, 0) is 35.0 Å². The van der Waals surface area contributed by atoms with Gasteiger partial charge in [-0.25, -0.2) is 0 Å². The topological polar surface area (TPSA) is 75.6 Å². The van der Waals surface area contributed by atoms with E-state index in [4.69, 9.17) is 28.4 Å². The number of ether oxygens (including phenoxy) is 6. The van der Waals surface area contributed by atoms with Crippen molar-refractivity contribution in [3.8, 4) is 0 Å². The summed E-state index contributed by atoms with van der Waals surface area (Å²) >= 11 is 0. The van der Waals surface area contributed by atoms with E-state index in [1.807, 2.05) is 44.2 Å². The molecule has 1 aromatic rings. The molecular formula is C22H34O7. The van der Waals surface area contributed by atoms with E-state index in [-0.39, 0.29) is 24.4 Å². The summed E-state index contributed by atoms with van der Waals surface area (Å²) in [6.45, 7) is 6.06. The van der Waals surface area contributed by atoms with Crippen molar-refractivity contribution in [2.24, 2.45) is 0 Å². The van der Waals surface area contributed by atoms with Gasteiger partial charge in [0.05, 0.1) is 30.5 Å². The lowest BCUT2D eigenvalue weighted by molar-refractivity contribution is -0.330. The highest BCUT2D eigenvalue weighted by atomic mass is 16.7. The van der Waals surface area contributed by atoms with Gasteiger partial charge in [0, 0.05) is 27.1 Å². The summed E-state index contributed by atoms with van der Waals surface area (Å²) in [5.41, 5.74) is 0.0126. The molecular weight excluding hydrogens is 376 g/mol. The predicted molar refractivity (Wildman–Crippen MR) is 106 cm³/mol. The fourth-order valence-corrected chi connectivity index (χ4v) is 4.20. The fourth-order valence-electron chi connectivity index (χ4n) is 4.20. The Bertz CT molecular complexity index is 623. The molecule has 2 heterocycles. The van der Waals surface area contributed by atoms with Crippen LogP contribution in [0.15, 0.2) is 30.3 Å². The minimum Gasteiger partial charge on any atom is -0.387 e. The van der Waals surface area contributed by atoms with Crippen LogP contribution in [0.5, 0.6) is 0 Å². The number of benzene rings is 1. The highest BCUT2D eigenvalue weighted by Gasteiger charge is 2.48. The zero-order valence-electron chi connectivity index (χ0n) is 17.9. The molecule has 164 valence electrons. The summed E-state index contributed by atoms with van der Waals surface area (Å²) in [4.78, 5) is 0. The Kier molecular flexibility index (Phi) is 7.67. The first-order valence-electron chi connectivity index (χ1n) is 10.2. The van der Waals surface area contributed by atoms with E-state index < -0.39 is 24.3 Å². The molecule has 0 spiro atoms. The number of rotatable bonds is 7. The minimum atomic E-state index is -1.09. The summed E-state index contributed by atoms with van der Waals surface area (Å²) in [5.74, 6) is 0. The maximum Gasteiger partial charge on any atom is 0.161 e. The van der Waals surface area contributed by atoms with E-state index in [0.29, 0.717) is 19.4 Å². The van der Waals surface area contributed by atoms with Crippen molar-refractivity contribution in [1.29, 1.82) is 0 Å². The molecule has 8 atom stereocenters. The summed E-state index contributed by atoms with van der Waals surface area (Å²) in [7, 11) is 3.24. The lowest BCUT2D eigenvalue weighted by Gasteiger charge is -2.47. The second kappa shape index (κ2) is 9.83. The van der Waals surface area contributed by atoms with Crippen molar-refractivity contribution in [3.63, 3.8) is 0 Å². The summed E-state index contributed by atoms with van der Waals surface area (Å²) in [5, 5.41) is 10.9. The smallest absolute Gasteiger partial charge is 0.161 e. The molecule has 0 amide bonds. The molecule has 7 heteroatoms. The third kappa shape index (κ3) is 5.55. The Labute approximate surface area is 173 Å². The maximum atomic E-state index is 10.9. The van der Waals surface area contributed by atoms with Gasteiger partial charge in [0.25, 0.3) is 0 Å². The van der Waals surface area contributed by atoms with Crippen molar-refractivity contribution in [3.05, 3.63) is 35.9 Å². The van der Waals surface area contributed by atoms with Crippen molar-refractivity contribution in [1.82, 2.24) is 0 Å². The van der Waals surface area contributed by atoms with Gasteiger partial charge in [-0.15, -0.1) is 0 Å². The van der Waals surface area contributed by atoms with Gasteiger partial charge in [-0.2, -0.15) is 0 Å². The zero-order valence-corrected chi connectivity index (χ0v) is 17.9. The molecule has 2 fully saturated rings. The molecule has 1 N–H and O–H groups in total. The number of hydrogen-bond acceptors (Lipinski definition) is 7. The van der Waals surface area contributed by atoms with Gasteiger partial charge in [-0.3, -0.25) is 0 Å². The predicted octanol–water partition coefficient (Wildman–Crippen LogP) is 2.64. The summed E-state index contributed by atoms with van der Waals surface area (Å²) < 4.78 is 35.1. The van der Waals surface area contributed by atoms with E-state index >= 15 is 0 Å². The van der Waals surface area contributed by atoms with Gasteiger partial charge in [0.15, 0.2) is 12.6 Å². The Morgan fingerprint density at radius 1 is 1.03 bits per heavy atom. The standard InChI is InChI=1S/C22H34O7/c1-14-20(26-13-16-9-7-6-8-10-16)17(24-4)11-18(27-14)29-21-15(2)28-19(25-5)12-22(21,3)23/h6-10,14-15,17-21,23H,11-13H2,1-5H3/t14-,15+,17-,18+,19-,20-,21+,22+/m1/s1. The Balaban J connectivity index is 1.60. The molecule has 0 unspecified atom stereocenters. The minimum absolute atomic E-state index is 0.177. The molecule has 0 aromatic heterocycles. The van der Waals surface area contributed by atoms with Crippen molar-refractivity contribution >= 4 is 0 Å². The first kappa shape index (κ1) is 22.6. The molecule has 1 aromatic carbocycles. The second-order valence-corrected chi connectivity index (χ2v) is 8.17. The van der Waals surface area contributed by atoms with E-state index in [0.717, 1.165) is 5.56 Å². The molecule has 3 rings (SSSR count). The Morgan fingerprint density at radius 2 is 1.72 bits per heavy atom. The van der Waals surface area contributed by atoms with Gasteiger partial charge < -0.3 is 33.5 Å². The van der Waals surface area contributed by atoms with Gasteiger partial charge in [0.1, 0.15) is 12.2 Å². The number of hydrogen-bond donors (Lipinski definition) is 1. The van der Waals surface area contributed by atoms with Gasteiger partial charge in [0.2, 0.25) is 0 Å². The summed E-state index contributed by atoms with van der Waals surface area (Å²) in [6, 6.07) is 10.0. The van der Waals surface area contributed by atoms with Crippen LogP contribution < -0.4 is 0 Å². The largest absolute Gasteiger partial charge is 0.387 e. The van der Waals surface area contributed by atoms with E-state index in [9.17, 15) is 5.11 Å². The maximum absolute atomic E-state index is 10.9. The van der Waals surface area contributed by atoms with Crippen molar-refractivity contribution < 1.29 is 33.5 Å². The molecule has 0 saturated carbocycles. The molecule has 2 aliphatic rings. The molecule has 2 saturated heterocycles. The van der Waals surface area contributed by atoms with Crippen LogP contribution in [0.25, 0.3) is 0 Å². The summed E-state index contributed by atoms with van der Waals surface area (Å²) in [6.07, 6.45) is -1.62. The van der Waals surface area contributed by atoms with Crippen LogP contribution in [0.3, 0.4) is 0 Å². The average Bonchev–Trinajstić information content (AvgIpc) is 2.69. The lowest BCUT2D eigenvalue weighted by atomic mass is 9.88. The van der Waals surface area contributed by atoms with Gasteiger partial charge in [-0.1, -0.05) is 30.3 Å². The molecule has 0 bridgehead atoms. The first-order valence-corrected chi connectivity index (χ1v) is 10.2. The lowest BCUT2D eigenvalue weighted by Crippen LogP contribution is -2.59. The van der Waals surface area contributed by atoms with Crippen LogP contribution >= 0.6 is 0 Å². The zero-order chi connectivity index (χ0) is 21.0. The average molecular weight is 411 g/mol. The SMILES string of the molecule is CO[C@H]1C[C@](C)(O)[C@@H](O[C@H]2C[C@@H](OC)[C@H](OCc3ccccc3)[C@@H](C)O2)[C@H](C)O1. The highest BCUT2D eigenvalue weighted by molar-refractivity contribution is 5.13. The fraction of sp³-hybridized carbons (Fsp3) is 0.727. The first-order chi connectivity index (χ1) is 13.8. The monoisotopic (exact) mass is 410 g/mol. The molecule has 7 nitrogen and oxygen atoms in total. The van der Waals surface area contributed by atoms with E-state index in [1.54, 1.807) is 21.1 Å². The van der Waals surface area contributed by atoms with Crippen LogP contribution in [0.2, 0.25) is 0 Å². The van der Waals surface area contributed by atoms with Crippen molar-refractivity contribution in [2.45, 2.75) is 88.9 Å².